The molecular weight excluding hydrogens is 532 g/mol. The van der Waals surface area contributed by atoms with Gasteiger partial charge in [0.2, 0.25) is 0 Å². The van der Waals surface area contributed by atoms with E-state index >= 15 is 0 Å². The number of aliphatic hydroxyl groups is 8. The predicted octanol–water partition coefficient (Wildman–Crippen LogP) is 0.536. The lowest BCUT2D eigenvalue weighted by Gasteiger charge is -2.65. The Bertz CT molecular complexity index is 777. The zero-order valence-electron chi connectivity index (χ0n) is 21.1. The molecule has 5 aliphatic carbocycles. The fraction of sp³-hybridized carbons (Fsp3) is 1.00. The lowest BCUT2D eigenvalue weighted by Crippen LogP contribution is -2.77. The molecule has 12 unspecified atom stereocenters. The van der Waals surface area contributed by atoms with Crippen LogP contribution in [-0.2, 0) is 0 Å². The van der Waals surface area contributed by atoms with Crippen molar-refractivity contribution in [3.8, 4) is 0 Å². The molecule has 0 radical (unpaired) electrons. The molecule has 5 rings (SSSR count). The molecule has 0 bridgehead atoms. The van der Waals surface area contributed by atoms with Crippen molar-refractivity contribution in [3.05, 3.63) is 0 Å². The maximum atomic E-state index is 11.8. The zero-order chi connectivity index (χ0) is 26.1. The minimum atomic E-state index is -2.19. The molecule has 5 fully saturated rings. The molecule has 8 nitrogen and oxygen atoms in total. The van der Waals surface area contributed by atoms with Crippen LogP contribution < -0.4 is 0 Å². The summed E-state index contributed by atoms with van der Waals surface area (Å²) in [4.78, 5) is 0.517. The van der Waals surface area contributed by atoms with Crippen LogP contribution >= 0.6 is 15.9 Å². The number of hydrogen-bond donors (Lipinski definition) is 8. The summed E-state index contributed by atoms with van der Waals surface area (Å²) >= 11 is 3.72. The van der Waals surface area contributed by atoms with Gasteiger partial charge in [0.05, 0.1) is 42.7 Å². The third-order valence-electron chi connectivity index (χ3n) is 11.2. The smallest absolute Gasteiger partial charge is 0.122 e. The van der Waals surface area contributed by atoms with Gasteiger partial charge in [-0.05, 0) is 82.0 Å². The van der Waals surface area contributed by atoms with Gasteiger partial charge in [-0.15, -0.1) is 0 Å². The highest BCUT2D eigenvalue weighted by Gasteiger charge is 2.70. The first kappa shape index (κ1) is 27.7. The highest BCUT2D eigenvalue weighted by molar-refractivity contribution is 9.09. The van der Waals surface area contributed by atoms with E-state index in [-0.39, 0.29) is 18.3 Å². The maximum absolute atomic E-state index is 11.8. The molecule has 36 heavy (non-hydrogen) atoms. The molecule has 208 valence electrons. The van der Waals surface area contributed by atoms with Crippen molar-refractivity contribution in [1.82, 2.24) is 0 Å². The van der Waals surface area contributed by atoms with Crippen LogP contribution in [0.1, 0.15) is 64.7 Å². The Labute approximate surface area is 221 Å². The molecule has 0 aromatic heterocycles. The summed E-state index contributed by atoms with van der Waals surface area (Å²) in [5.41, 5.74) is -2.19. The predicted molar refractivity (Wildman–Crippen MR) is 135 cm³/mol. The first-order valence-electron chi connectivity index (χ1n) is 14.1. The molecule has 8 N–H and O–H groups in total. The van der Waals surface area contributed by atoms with E-state index in [9.17, 15) is 40.9 Å². The molecule has 5 aliphatic rings. The molecule has 0 aliphatic heterocycles. The average molecular weight is 578 g/mol. The Hall–Kier alpha value is 0.160. The highest BCUT2D eigenvalue weighted by atomic mass is 79.9. The minimum absolute atomic E-state index is 0.00314. The molecule has 0 saturated heterocycles. The molecule has 0 amide bonds. The third kappa shape index (κ3) is 4.24. The van der Waals surface area contributed by atoms with Crippen LogP contribution in [0.2, 0.25) is 0 Å². The standard InChI is InChI=1S/C27H45BrO8/c1-11(29)19-18(31)10-16-23(32)21-15(9-12-5-7-13(28)8-6-12)14-3-2-4-17(30)20(14)24(33)22(21)26(35)27(16,36)25(19)34/h11-26,29-36H,2-10H2,1H3/t11?,12?,13?,14?,15?,16-,17?,18?,19?,20?,21-,22?,23?,24?,25?,26?,27-/m1/s1. The van der Waals surface area contributed by atoms with E-state index in [4.69, 9.17) is 0 Å². The minimum Gasteiger partial charge on any atom is -0.393 e. The summed E-state index contributed by atoms with van der Waals surface area (Å²) in [7, 11) is 0. The molecule has 5 saturated carbocycles. The van der Waals surface area contributed by atoms with Gasteiger partial charge in [0.1, 0.15) is 5.60 Å². The number of alkyl halides is 1. The number of fused-ring (bicyclic) bond motifs is 3. The van der Waals surface area contributed by atoms with Crippen molar-refractivity contribution in [3.63, 3.8) is 0 Å². The van der Waals surface area contributed by atoms with Crippen LogP contribution in [0.25, 0.3) is 0 Å². The fourth-order valence-electron chi connectivity index (χ4n) is 9.53. The van der Waals surface area contributed by atoms with Gasteiger partial charge in [0.15, 0.2) is 0 Å². The largest absolute Gasteiger partial charge is 0.393 e. The van der Waals surface area contributed by atoms with Gasteiger partial charge in [-0.2, -0.15) is 0 Å². The molecule has 0 aromatic carbocycles. The number of hydrogen-bond acceptors (Lipinski definition) is 8. The Morgan fingerprint density at radius 3 is 2.11 bits per heavy atom. The molecule has 15 atom stereocenters. The van der Waals surface area contributed by atoms with E-state index in [0.717, 1.165) is 44.9 Å². The SMILES string of the molecule is CC(O)C1C(O)C[C@@H]2C(O)[C@@H]3C(CC4CCC(Br)CC4)C4CCCC(O)C4C(O)C3C(O)[C@]2(O)C1O. The van der Waals surface area contributed by atoms with Gasteiger partial charge in [0, 0.05) is 28.5 Å². The average Bonchev–Trinajstić information content (AvgIpc) is 2.82. The van der Waals surface area contributed by atoms with Crippen molar-refractivity contribution in [1.29, 1.82) is 0 Å². The van der Waals surface area contributed by atoms with Crippen LogP contribution in [0.15, 0.2) is 0 Å². The van der Waals surface area contributed by atoms with E-state index in [1.54, 1.807) is 0 Å². The van der Waals surface area contributed by atoms with E-state index < -0.39 is 77.9 Å². The van der Waals surface area contributed by atoms with E-state index in [1.807, 2.05) is 0 Å². The van der Waals surface area contributed by atoms with Crippen molar-refractivity contribution in [2.24, 2.45) is 47.3 Å². The van der Waals surface area contributed by atoms with Crippen molar-refractivity contribution >= 4 is 15.9 Å². The lowest BCUT2D eigenvalue weighted by molar-refractivity contribution is -0.324. The van der Waals surface area contributed by atoms with E-state index in [1.165, 1.54) is 6.92 Å². The second kappa shape index (κ2) is 10.3. The second-order valence-corrected chi connectivity index (χ2v) is 14.2. The normalized spacial score (nSPS) is 58.3. The summed E-state index contributed by atoms with van der Waals surface area (Å²) in [5, 5.41) is 90.1. The number of rotatable bonds is 3. The molecule has 0 heterocycles. The van der Waals surface area contributed by atoms with Crippen LogP contribution in [0.5, 0.6) is 0 Å². The van der Waals surface area contributed by atoms with Gasteiger partial charge < -0.3 is 40.9 Å². The highest BCUT2D eigenvalue weighted by Crippen LogP contribution is 2.60. The molecule has 9 heteroatoms. The molecule has 0 spiro atoms. The lowest BCUT2D eigenvalue weighted by atomic mass is 9.44. The first-order chi connectivity index (χ1) is 17.0. The van der Waals surface area contributed by atoms with Crippen LogP contribution in [0, 0.1) is 47.3 Å². The third-order valence-corrected chi connectivity index (χ3v) is 12.1. The van der Waals surface area contributed by atoms with Crippen molar-refractivity contribution in [2.75, 3.05) is 0 Å². The second-order valence-electron chi connectivity index (χ2n) is 12.9. The van der Waals surface area contributed by atoms with Crippen molar-refractivity contribution < 1.29 is 40.9 Å². The molecule has 0 aromatic rings. The molecular formula is C27H45BrO8. The quantitative estimate of drug-likeness (QED) is 0.226. The van der Waals surface area contributed by atoms with Crippen LogP contribution in [0.4, 0.5) is 0 Å². The Morgan fingerprint density at radius 2 is 1.47 bits per heavy atom. The topological polar surface area (TPSA) is 162 Å². The van der Waals surface area contributed by atoms with Gasteiger partial charge in [0.25, 0.3) is 0 Å². The van der Waals surface area contributed by atoms with Crippen LogP contribution in [0.3, 0.4) is 0 Å². The first-order valence-corrected chi connectivity index (χ1v) is 15.0. The number of halogens is 1. The van der Waals surface area contributed by atoms with Crippen LogP contribution in [-0.4, -0.2) is 94.0 Å². The fourth-order valence-corrected chi connectivity index (χ4v) is 10.1. The Kier molecular flexibility index (Phi) is 7.92. The van der Waals surface area contributed by atoms with E-state index in [2.05, 4.69) is 15.9 Å². The van der Waals surface area contributed by atoms with Gasteiger partial charge in [-0.25, -0.2) is 0 Å². The summed E-state index contributed by atoms with van der Waals surface area (Å²) in [6, 6.07) is 0. The monoisotopic (exact) mass is 576 g/mol. The van der Waals surface area contributed by atoms with Gasteiger partial charge in [-0.3, -0.25) is 0 Å². The summed E-state index contributed by atoms with van der Waals surface area (Å²) in [6.45, 7) is 1.42. The Morgan fingerprint density at radius 1 is 0.806 bits per heavy atom. The summed E-state index contributed by atoms with van der Waals surface area (Å²) in [6.07, 6.45) is -1.21. The van der Waals surface area contributed by atoms with Gasteiger partial charge in [-0.1, -0.05) is 22.4 Å². The zero-order valence-corrected chi connectivity index (χ0v) is 22.6. The van der Waals surface area contributed by atoms with Gasteiger partial charge >= 0.3 is 0 Å². The Balaban J connectivity index is 1.53. The maximum Gasteiger partial charge on any atom is 0.122 e. The summed E-state index contributed by atoms with van der Waals surface area (Å²) in [5.74, 6) is -3.58. The van der Waals surface area contributed by atoms with Crippen molar-refractivity contribution in [2.45, 2.75) is 118 Å². The number of aliphatic hydroxyl groups excluding tert-OH is 7. The summed E-state index contributed by atoms with van der Waals surface area (Å²) < 4.78 is 0. The van der Waals surface area contributed by atoms with E-state index in [0.29, 0.717) is 17.2 Å².